The van der Waals surface area contributed by atoms with E-state index >= 15 is 0 Å². The van der Waals surface area contributed by atoms with Gasteiger partial charge in [-0.15, -0.1) is 0 Å². The van der Waals surface area contributed by atoms with Gasteiger partial charge in [-0.1, -0.05) is 43.2 Å². The Morgan fingerprint density at radius 3 is 2.45 bits per heavy atom. The summed E-state index contributed by atoms with van der Waals surface area (Å²) in [6.45, 7) is 2.06. The van der Waals surface area contributed by atoms with E-state index < -0.39 is 23.0 Å². The van der Waals surface area contributed by atoms with Crippen molar-refractivity contribution in [2.24, 2.45) is 0 Å². The highest BCUT2D eigenvalue weighted by Gasteiger charge is 2.43. The minimum atomic E-state index is -0.896. The van der Waals surface area contributed by atoms with Crippen LogP contribution in [0.3, 0.4) is 0 Å². The maximum atomic E-state index is 13.8. The molecule has 7 nitrogen and oxygen atoms in total. The number of aryl methyl sites for hydroxylation is 1. The Morgan fingerprint density at radius 1 is 1.06 bits per heavy atom. The molecule has 0 aliphatic heterocycles. The molecule has 0 unspecified atom stereocenters. The Bertz CT molecular complexity index is 1210. The van der Waals surface area contributed by atoms with Crippen LogP contribution in [0.4, 0.5) is 4.39 Å². The van der Waals surface area contributed by atoms with E-state index in [2.05, 4.69) is 16.0 Å². The maximum Gasteiger partial charge on any atom is 0.290 e. The van der Waals surface area contributed by atoms with Gasteiger partial charge in [-0.05, 0) is 43.5 Å². The molecule has 2 aromatic carbocycles. The van der Waals surface area contributed by atoms with Crippen molar-refractivity contribution in [1.29, 1.82) is 0 Å². The SMILES string of the molecule is CCn1nc(C(=O)NNC(=O)C2(c3cccc(F)c3)CCCC2)c2ccccc2c1=O. The lowest BCUT2D eigenvalue weighted by Gasteiger charge is -2.28. The first-order chi connectivity index (χ1) is 15.0. The van der Waals surface area contributed by atoms with E-state index in [-0.39, 0.29) is 11.3 Å². The molecule has 0 atom stereocenters. The molecule has 3 aromatic rings. The van der Waals surface area contributed by atoms with Crippen molar-refractivity contribution >= 4 is 22.6 Å². The van der Waals surface area contributed by atoms with Gasteiger partial charge in [-0.2, -0.15) is 5.10 Å². The number of carbonyl (C=O) groups is 2. The molecule has 1 heterocycles. The number of hydrazine groups is 1. The Balaban J connectivity index is 1.61. The lowest BCUT2D eigenvalue weighted by Crippen LogP contribution is -2.51. The van der Waals surface area contributed by atoms with Crippen molar-refractivity contribution in [1.82, 2.24) is 20.6 Å². The number of aromatic nitrogens is 2. The number of nitrogens with one attached hydrogen (secondary N) is 2. The highest BCUT2D eigenvalue weighted by molar-refractivity contribution is 6.05. The van der Waals surface area contributed by atoms with Gasteiger partial charge in [-0.3, -0.25) is 25.2 Å². The summed E-state index contributed by atoms with van der Waals surface area (Å²) in [6.07, 6.45) is 2.82. The number of halogens is 1. The minimum Gasteiger partial charge on any atom is -0.272 e. The zero-order chi connectivity index (χ0) is 22.0. The van der Waals surface area contributed by atoms with Gasteiger partial charge in [0, 0.05) is 11.9 Å². The first-order valence-corrected chi connectivity index (χ1v) is 10.3. The quantitative estimate of drug-likeness (QED) is 0.633. The fourth-order valence-electron chi connectivity index (χ4n) is 4.32. The van der Waals surface area contributed by atoms with Gasteiger partial charge in [0.05, 0.1) is 10.8 Å². The number of benzene rings is 2. The van der Waals surface area contributed by atoms with Crippen LogP contribution in [0.2, 0.25) is 0 Å². The first kappa shape index (κ1) is 20.7. The predicted molar refractivity (Wildman–Crippen MR) is 114 cm³/mol. The second-order valence-corrected chi connectivity index (χ2v) is 7.72. The molecule has 8 heteroatoms. The standard InChI is InChI=1S/C23H23FN4O3/c1-2-28-21(30)18-11-4-3-10-17(18)19(27-28)20(29)25-26-22(31)23(12-5-6-13-23)15-8-7-9-16(24)14-15/h3-4,7-11,14H,2,5-6,12-13H2,1H3,(H,25,29)(H,26,31). The number of hydrogen-bond acceptors (Lipinski definition) is 4. The number of amides is 2. The minimum absolute atomic E-state index is 0.0450. The lowest BCUT2D eigenvalue weighted by molar-refractivity contribution is -0.127. The largest absolute Gasteiger partial charge is 0.290 e. The van der Waals surface area contributed by atoms with Crippen LogP contribution in [-0.4, -0.2) is 21.6 Å². The molecule has 2 amide bonds. The smallest absolute Gasteiger partial charge is 0.272 e. The zero-order valence-corrected chi connectivity index (χ0v) is 17.2. The normalized spacial score (nSPS) is 15.0. The summed E-state index contributed by atoms with van der Waals surface area (Å²) in [6, 6.07) is 12.7. The van der Waals surface area contributed by atoms with Gasteiger partial charge in [0.1, 0.15) is 5.82 Å². The van der Waals surface area contributed by atoms with E-state index in [4.69, 9.17) is 0 Å². The predicted octanol–water partition coefficient (Wildman–Crippen LogP) is 2.83. The van der Waals surface area contributed by atoms with Crippen molar-refractivity contribution in [3.05, 3.63) is 76.0 Å². The van der Waals surface area contributed by atoms with Crippen molar-refractivity contribution in [2.75, 3.05) is 0 Å². The third-order valence-electron chi connectivity index (χ3n) is 5.94. The van der Waals surface area contributed by atoms with Crippen molar-refractivity contribution in [2.45, 2.75) is 44.6 Å². The van der Waals surface area contributed by atoms with Crippen molar-refractivity contribution < 1.29 is 14.0 Å². The molecule has 1 aliphatic rings. The highest BCUT2D eigenvalue weighted by atomic mass is 19.1. The third kappa shape index (κ3) is 3.69. The van der Waals surface area contributed by atoms with Gasteiger partial charge in [0.15, 0.2) is 5.69 Å². The van der Waals surface area contributed by atoms with Crippen LogP contribution in [0.15, 0.2) is 53.3 Å². The van der Waals surface area contributed by atoms with E-state index in [1.54, 1.807) is 43.3 Å². The Kier molecular flexibility index (Phi) is 5.54. The van der Waals surface area contributed by atoms with Crippen LogP contribution in [-0.2, 0) is 16.8 Å². The average molecular weight is 422 g/mol. The zero-order valence-electron chi connectivity index (χ0n) is 17.2. The van der Waals surface area contributed by atoms with Gasteiger partial charge < -0.3 is 0 Å². The number of carbonyl (C=O) groups excluding carboxylic acids is 2. The number of fused-ring (bicyclic) bond motifs is 1. The molecule has 0 spiro atoms. The highest BCUT2D eigenvalue weighted by Crippen LogP contribution is 2.41. The molecule has 4 rings (SSSR count). The monoisotopic (exact) mass is 422 g/mol. The summed E-state index contributed by atoms with van der Waals surface area (Å²) >= 11 is 0. The molecule has 0 bridgehead atoms. The second kappa shape index (κ2) is 8.29. The Labute approximate surface area is 178 Å². The third-order valence-corrected chi connectivity index (χ3v) is 5.94. The molecule has 31 heavy (non-hydrogen) atoms. The molecular weight excluding hydrogens is 399 g/mol. The topological polar surface area (TPSA) is 93.1 Å². The van der Waals surface area contributed by atoms with Crippen molar-refractivity contribution in [3.8, 4) is 0 Å². The first-order valence-electron chi connectivity index (χ1n) is 10.3. The molecule has 1 saturated carbocycles. The van der Waals surface area contributed by atoms with Gasteiger partial charge in [0.2, 0.25) is 5.91 Å². The molecule has 160 valence electrons. The van der Waals surface area contributed by atoms with Crippen LogP contribution < -0.4 is 16.4 Å². The van der Waals surface area contributed by atoms with Gasteiger partial charge >= 0.3 is 0 Å². The fraction of sp³-hybridized carbons (Fsp3) is 0.304. The van der Waals surface area contributed by atoms with Crippen LogP contribution in [0.25, 0.3) is 10.8 Å². The summed E-state index contributed by atoms with van der Waals surface area (Å²) < 4.78 is 15.0. The molecule has 0 radical (unpaired) electrons. The lowest BCUT2D eigenvalue weighted by atomic mass is 9.78. The summed E-state index contributed by atoms with van der Waals surface area (Å²) in [5.41, 5.74) is 4.41. The van der Waals surface area contributed by atoms with E-state index in [0.29, 0.717) is 35.7 Å². The molecule has 1 aliphatic carbocycles. The summed E-state index contributed by atoms with van der Waals surface area (Å²) in [7, 11) is 0. The van der Waals surface area contributed by atoms with Gasteiger partial charge in [-0.25, -0.2) is 9.07 Å². The Hall–Kier alpha value is -3.55. The summed E-state index contributed by atoms with van der Waals surface area (Å²) in [5, 5.41) is 4.96. The molecule has 1 aromatic heterocycles. The van der Waals surface area contributed by atoms with Crippen LogP contribution in [0, 0.1) is 5.82 Å². The average Bonchev–Trinajstić information content (AvgIpc) is 3.29. The van der Waals surface area contributed by atoms with E-state index in [1.807, 2.05) is 0 Å². The molecule has 0 saturated heterocycles. The van der Waals surface area contributed by atoms with E-state index in [0.717, 1.165) is 12.8 Å². The maximum absolute atomic E-state index is 13.8. The molecule has 1 fully saturated rings. The van der Waals surface area contributed by atoms with Crippen LogP contribution in [0.1, 0.15) is 48.7 Å². The number of rotatable bonds is 4. The molecule has 2 N–H and O–H groups in total. The van der Waals surface area contributed by atoms with Crippen LogP contribution in [0.5, 0.6) is 0 Å². The summed E-state index contributed by atoms with van der Waals surface area (Å²) in [4.78, 5) is 38.5. The van der Waals surface area contributed by atoms with E-state index in [1.165, 1.54) is 16.8 Å². The second-order valence-electron chi connectivity index (χ2n) is 7.72. The number of hydrogen-bond donors (Lipinski definition) is 2. The number of nitrogens with zero attached hydrogens (tertiary/aromatic N) is 2. The van der Waals surface area contributed by atoms with Gasteiger partial charge in [0.25, 0.3) is 11.5 Å². The fourth-order valence-corrected chi connectivity index (χ4v) is 4.32. The van der Waals surface area contributed by atoms with Crippen LogP contribution >= 0.6 is 0 Å². The summed E-state index contributed by atoms with van der Waals surface area (Å²) in [5.74, 6) is -1.42. The molecular formula is C23H23FN4O3. The van der Waals surface area contributed by atoms with E-state index in [9.17, 15) is 18.8 Å². The Morgan fingerprint density at radius 2 is 1.77 bits per heavy atom. The van der Waals surface area contributed by atoms with Crippen molar-refractivity contribution in [3.63, 3.8) is 0 Å².